The third kappa shape index (κ3) is 2.35. The van der Waals surface area contributed by atoms with Gasteiger partial charge in [-0.15, -0.1) is 0 Å². The van der Waals surface area contributed by atoms with Gasteiger partial charge in [0.2, 0.25) is 0 Å². The summed E-state index contributed by atoms with van der Waals surface area (Å²) in [5, 5.41) is 0. The zero-order valence-corrected chi connectivity index (χ0v) is 10.4. The number of hydrogen-bond donors (Lipinski definition) is 0. The summed E-state index contributed by atoms with van der Waals surface area (Å²) in [5.41, 5.74) is 3.79. The maximum absolute atomic E-state index is 4.90. The van der Waals surface area contributed by atoms with E-state index >= 15 is 0 Å². The first-order chi connectivity index (χ1) is 8.93. The third-order valence-corrected chi connectivity index (χ3v) is 3.47. The number of dihydropyridines is 1. The van der Waals surface area contributed by atoms with Crippen LogP contribution < -0.4 is 0 Å². The Balaban J connectivity index is 1.87. The Bertz CT molecular complexity index is 532. The molecule has 18 heavy (non-hydrogen) atoms. The Hall–Kier alpha value is -1.89. The molecule has 90 valence electrons. The Morgan fingerprint density at radius 1 is 1.06 bits per heavy atom. The van der Waals surface area contributed by atoms with Crippen LogP contribution in [-0.2, 0) is 0 Å². The molecule has 0 amide bonds. The zero-order valence-electron chi connectivity index (χ0n) is 10.4. The van der Waals surface area contributed by atoms with Crippen LogP contribution in [-0.4, -0.2) is 11.8 Å². The van der Waals surface area contributed by atoms with E-state index in [1.54, 1.807) is 0 Å². The maximum Gasteiger partial charge on any atom is 0.0754 e. The second kappa shape index (κ2) is 5.18. The number of nitrogens with zero attached hydrogens (tertiary/aromatic N) is 1. The highest BCUT2D eigenvalue weighted by atomic mass is 14.8. The van der Waals surface area contributed by atoms with Crippen molar-refractivity contribution in [2.24, 2.45) is 4.99 Å². The Morgan fingerprint density at radius 3 is 2.72 bits per heavy atom. The van der Waals surface area contributed by atoms with Gasteiger partial charge in [0.15, 0.2) is 0 Å². The first-order valence-corrected chi connectivity index (χ1v) is 6.59. The van der Waals surface area contributed by atoms with Crippen LogP contribution >= 0.6 is 0 Å². The summed E-state index contributed by atoms with van der Waals surface area (Å²) in [6, 6.07) is 10.8. The molecule has 2 aliphatic rings. The van der Waals surface area contributed by atoms with E-state index in [0.29, 0.717) is 6.04 Å². The highest BCUT2D eigenvalue weighted by Crippen LogP contribution is 2.24. The van der Waals surface area contributed by atoms with Gasteiger partial charge in [-0.2, -0.15) is 0 Å². The van der Waals surface area contributed by atoms with Crippen LogP contribution in [0.2, 0.25) is 0 Å². The summed E-state index contributed by atoms with van der Waals surface area (Å²) in [6.45, 7) is 0. The van der Waals surface area contributed by atoms with E-state index in [4.69, 9.17) is 4.99 Å². The minimum Gasteiger partial charge on any atom is -0.277 e. The Morgan fingerprint density at radius 2 is 1.94 bits per heavy atom. The lowest BCUT2D eigenvalue weighted by atomic mass is 9.93. The fourth-order valence-corrected chi connectivity index (χ4v) is 2.49. The lowest BCUT2D eigenvalue weighted by Crippen LogP contribution is -2.15. The lowest BCUT2D eigenvalue weighted by molar-refractivity contribution is 0.726. The van der Waals surface area contributed by atoms with Gasteiger partial charge < -0.3 is 0 Å². The van der Waals surface area contributed by atoms with Gasteiger partial charge in [0, 0.05) is 0 Å². The molecule has 0 saturated heterocycles. The molecule has 0 fully saturated rings. The summed E-state index contributed by atoms with van der Waals surface area (Å²) in [4.78, 5) is 4.90. The Kier molecular flexibility index (Phi) is 3.22. The van der Waals surface area contributed by atoms with Crippen LogP contribution in [0.5, 0.6) is 0 Å². The van der Waals surface area contributed by atoms with Gasteiger partial charge in [-0.3, -0.25) is 4.99 Å². The number of aliphatic imine (C=N–C) groups is 1. The monoisotopic (exact) mass is 235 g/mol. The summed E-state index contributed by atoms with van der Waals surface area (Å²) in [7, 11) is 0. The first-order valence-electron chi connectivity index (χ1n) is 6.59. The van der Waals surface area contributed by atoms with Crippen molar-refractivity contribution < 1.29 is 0 Å². The van der Waals surface area contributed by atoms with E-state index in [0.717, 1.165) is 25.0 Å². The van der Waals surface area contributed by atoms with Gasteiger partial charge in [-0.05, 0) is 36.5 Å². The van der Waals surface area contributed by atoms with E-state index in [1.165, 1.54) is 11.1 Å². The molecular formula is C17H17N. The molecule has 0 aromatic heterocycles. The summed E-state index contributed by atoms with van der Waals surface area (Å²) >= 11 is 0. The second-order valence-corrected chi connectivity index (χ2v) is 4.74. The van der Waals surface area contributed by atoms with Crippen molar-refractivity contribution in [1.29, 1.82) is 0 Å². The van der Waals surface area contributed by atoms with Gasteiger partial charge in [-0.1, -0.05) is 54.6 Å². The van der Waals surface area contributed by atoms with E-state index < -0.39 is 0 Å². The minimum absolute atomic E-state index is 0.343. The van der Waals surface area contributed by atoms with Gasteiger partial charge in [-0.25, -0.2) is 0 Å². The predicted molar refractivity (Wildman–Crippen MR) is 77.0 cm³/mol. The van der Waals surface area contributed by atoms with E-state index in [-0.39, 0.29) is 0 Å². The third-order valence-electron chi connectivity index (χ3n) is 3.47. The number of hydrogen-bond acceptors (Lipinski definition) is 1. The second-order valence-electron chi connectivity index (χ2n) is 4.74. The summed E-state index contributed by atoms with van der Waals surface area (Å²) in [5.74, 6) is 0. The molecule has 1 unspecified atom stereocenters. The van der Waals surface area contributed by atoms with Crippen molar-refractivity contribution >= 4 is 5.71 Å². The van der Waals surface area contributed by atoms with Crippen molar-refractivity contribution in [3.8, 4) is 0 Å². The lowest BCUT2D eigenvalue weighted by Gasteiger charge is -2.20. The molecule has 1 atom stereocenters. The average Bonchev–Trinajstić information content (AvgIpc) is 2.49. The fourth-order valence-electron chi connectivity index (χ4n) is 2.49. The van der Waals surface area contributed by atoms with Gasteiger partial charge in [0.25, 0.3) is 0 Å². The van der Waals surface area contributed by atoms with Gasteiger partial charge in [0.1, 0.15) is 0 Å². The van der Waals surface area contributed by atoms with Crippen LogP contribution in [0.15, 0.2) is 71.3 Å². The molecule has 0 radical (unpaired) electrons. The highest BCUT2D eigenvalue weighted by molar-refractivity contribution is 6.09. The van der Waals surface area contributed by atoms with Crippen molar-refractivity contribution in [2.75, 3.05) is 0 Å². The number of benzene rings is 1. The fraction of sp³-hybridized carbons (Fsp3) is 0.235. The van der Waals surface area contributed by atoms with Crippen molar-refractivity contribution in [3.05, 3.63) is 71.8 Å². The zero-order chi connectivity index (χ0) is 12.2. The van der Waals surface area contributed by atoms with E-state index in [9.17, 15) is 0 Å². The van der Waals surface area contributed by atoms with Crippen molar-refractivity contribution in [2.45, 2.75) is 25.3 Å². The van der Waals surface area contributed by atoms with Gasteiger partial charge >= 0.3 is 0 Å². The number of allylic oxidation sites excluding steroid dienone is 4. The minimum atomic E-state index is 0.343. The van der Waals surface area contributed by atoms with Crippen LogP contribution in [0.25, 0.3) is 0 Å². The van der Waals surface area contributed by atoms with Gasteiger partial charge in [0.05, 0.1) is 11.8 Å². The maximum atomic E-state index is 4.90. The molecule has 0 N–H and O–H groups in total. The van der Waals surface area contributed by atoms with Crippen LogP contribution in [0.4, 0.5) is 0 Å². The molecule has 1 heteroatoms. The molecule has 1 aliphatic carbocycles. The van der Waals surface area contributed by atoms with Crippen molar-refractivity contribution in [3.63, 3.8) is 0 Å². The standard InChI is InChI=1S/C17H17N/c1-3-8-14(9-4-1)16-12-7-13-17(18-16)15-10-5-2-6-11-15/h1-5,7-10,12,17H,6,11,13H2. The smallest absolute Gasteiger partial charge is 0.0754 e. The normalized spacial score (nSPS) is 22.6. The topological polar surface area (TPSA) is 12.4 Å². The summed E-state index contributed by atoms with van der Waals surface area (Å²) in [6.07, 6.45) is 14.4. The molecule has 1 nitrogen and oxygen atoms in total. The molecule has 1 aromatic carbocycles. The summed E-state index contributed by atoms with van der Waals surface area (Å²) < 4.78 is 0. The van der Waals surface area contributed by atoms with Crippen LogP contribution in [0.3, 0.4) is 0 Å². The SMILES string of the molecule is C1=CCCC(C2CC=CC(c3ccccc3)=N2)=C1. The van der Waals surface area contributed by atoms with E-state index in [2.05, 4.69) is 54.6 Å². The quantitative estimate of drug-likeness (QED) is 0.732. The molecule has 1 heterocycles. The molecule has 0 saturated carbocycles. The molecule has 0 spiro atoms. The molecule has 0 bridgehead atoms. The van der Waals surface area contributed by atoms with Crippen molar-refractivity contribution in [1.82, 2.24) is 0 Å². The van der Waals surface area contributed by atoms with E-state index in [1.807, 2.05) is 6.07 Å². The highest BCUT2D eigenvalue weighted by Gasteiger charge is 2.16. The molecule has 1 aromatic rings. The first kappa shape index (κ1) is 11.2. The van der Waals surface area contributed by atoms with Crippen LogP contribution in [0, 0.1) is 0 Å². The largest absolute Gasteiger partial charge is 0.277 e. The Labute approximate surface area is 108 Å². The van der Waals surface area contributed by atoms with Crippen LogP contribution in [0.1, 0.15) is 24.8 Å². The predicted octanol–water partition coefficient (Wildman–Crippen LogP) is 4.08. The molecule has 1 aliphatic heterocycles. The molecular weight excluding hydrogens is 218 g/mol. The molecule has 3 rings (SSSR count). The average molecular weight is 235 g/mol. The number of rotatable bonds is 2.